The third-order valence-electron chi connectivity index (χ3n) is 7.67. The van der Waals surface area contributed by atoms with Crippen molar-refractivity contribution in [1.82, 2.24) is 4.57 Å². The average molecular weight is 514 g/mol. The lowest BCUT2D eigenvalue weighted by Gasteiger charge is -2.22. The molecule has 35 heavy (non-hydrogen) atoms. The summed E-state index contributed by atoms with van der Waals surface area (Å²) >= 11 is 3.80. The smallest absolute Gasteiger partial charge is 0.0541 e. The van der Waals surface area contributed by atoms with Crippen LogP contribution in [-0.2, 0) is 5.41 Å². The summed E-state index contributed by atoms with van der Waals surface area (Å²) in [6.07, 6.45) is 0. The Balaban J connectivity index is 1.44. The monoisotopic (exact) mass is 513 g/mol. The van der Waals surface area contributed by atoms with E-state index < -0.39 is 0 Å². The minimum atomic E-state index is -0.0299. The van der Waals surface area contributed by atoms with Crippen molar-refractivity contribution in [3.8, 4) is 27.9 Å². The minimum Gasteiger partial charge on any atom is -0.309 e. The summed E-state index contributed by atoms with van der Waals surface area (Å²) in [6.45, 7) is 4.68. The van der Waals surface area contributed by atoms with Crippen LogP contribution in [0.25, 0.3) is 49.7 Å². The Morgan fingerprint density at radius 3 is 2.17 bits per heavy atom. The topological polar surface area (TPSA) is 4.93 Å². The van der Waals surface area contributed by atoms with Gasteiger partial charge in [0.2, 0.25) is 0 Å². The number of rotatable bonds is 2. The van der Waals surface area contributed by atoms with Crippen molar-refractivity contribution < 1.29 is 0 Å². The van der Waals surface area contributed by atoms with E-state index in [9.17, 15) is 0 Å². The van der Waals surface area contributed by atoms with Crippen LogP contribution in [0, 0.1) is 0 Å². The molecule has 0 fully saturated rings. The summed E-state index contributed by atoms with van der Waals surface area (Å²) in [6, 6.07) is 39.8. The number of para-hydroxylation sites is 2. The van der Waals surface area contributed by atoms with Crippen LogP contribution in [0.3, 0.4) is 0 Å². The van der Waals surface area contributed by atoms with Gasteiger partial charge in [0.1, 0.15) is 0 Å². The van der Waals surface area contributed by atoms with Gasteiger partial charge in [-0.05, 0) is 70.3 Å². The van der Waals surface area contributed by atoms with E-state index in [1.165, 1.54) is 65.3 Å². The largest absolute Gasteiger partial charge is 0.309 e. The number of halogens is 1. The molecule has 0 spiro atoms. The lowest BCUT2D eigenvalue weighted by Crippen LogP contribution is -2.14. The van der Waals surface area contributed by atoms with Gasteiger partial charge in [-0.1, -0.05) is 96.5 Å². The molecule has 1 nitrogen and oxygen atoms in total. The fourth-order valence-electron chi connectivity index (χ4n) is 5.93. The standard InChI is InChI=1S/C33H24BrN/c1-33(2)27-12-8-13-29(34)32(27)25-17-15-22(20-28(25)33)21-16-18-31-26(19-21)24-11-6-7-14-30(24)35(31)23-9-4-3-5-10-23/h3-20H,1-2H3. The zero-order valence-electron chi connectivity index (χ0n) is 19.7. The first-order valence-electron chi connectivity index (χ1n) is 12.1. The molecule has 6 aromatic rings. The van der Waals surface area contributed by atoms with E-state index in [1.54, 1.807) is 0 Å². The van der Waals surface area contributed by atoms with E-state index in [2.05, 4.69) is 144 Å². The molecule has 5 aromatic carbocycles. The first-order valence-corrected chi connectivity index (χ1v) is 12.9. The first-order chi connectivity index (χ1) is 17.0. The summed E-state index contributed by atoms with van der Waals surface area (Å²) in [4.78, 5) is 0. The zero-order valence-corrected chi connectivity index (χ0v) is 21.3. The molecule has 1 heterocycles. The van der Waals surface area contributed by atoms with E-state index in [-0.39, 0.29) is 5.41 Å². The Bertz CT molecular complexity index is 1770. The molecule has 0 saturated heterocycles. The van der Waals surface area contributed by atoms with Crippen molar-refractivity contribution in [2.75, 3.05) is 0 Å². The second kappa shape index (κ2) is 7.44. The summed E-state index contributed by atoms with van der Waals surface area (Å²) in [7, 11) is 0. The highest BCUT2D eigenvalue weighted by Gasteiger charge is 2.36. The molecule has 0 atom stereocenters. The van der Waals surface area contributed by atoms with Crippen molar-refractivity contribution in [2.45, 2.75) is 19.3 Å². The van der Waals surface area contributed by atoms with Gasteiger partial charge in [0, 0.05) is 31.9 Å². The molecule has 0 bridgehead atoms. The highest BCUT2D eigenvalue weighted by molar-refractivity contribution is 9.10. The molecular weight excluding hydrogens is 490 g/mol. The second-order valence-corrected chi connectivity index (χ2v) is 10.8. The number of aromatic nitrogens is 1. The van der Waals surface area contributed by atoms with Gasteiger partial charge >= 0.3 is 0 Å². The predicted molar refractivity (Wildman–Crippen MR) is 151 cm³/mol. The maximum atomic E-state index is 3.80. The Kier molecular flexibility index (Phi) is 4.40. The third kappa shape index (κ3) is 2.93. The highest BCUT2D eigenvalue weighted by atomic mass is 79.9. The summed E-state index contributed by atoms with van der Waals surface area (Å²) in [5, 5.41) is 2.57. The molecule has 0 N–H and O–H groups in total. The number of nitrogens with zero attached hydrogens (tertiary/aromatic N) is 1. The Morgan fingerprint density at radius 2 is 1.31 bits per heavy atom. The number of fused-ring (bicyclic) bond motifs is 6. The van der Waals surface area contributed by atoms with Crippen LogP contribution < -0.4 is 0 Å². The van der Waals surface area contributed by atoms with Crippen LogP contribution in [-0.4, -0.2) is 4.57 Å². The highest BCUT2D eigenvalue weighted by Crippen LogP contribution is 2.52. The SMILES string of the molecule is CC1(C)c2cc(-c3ccc4c(c3)c3ccccc3n4-c3ccccc3)ccc2-c2c(Br)cccc21. The van der Waals surface area contributed by atoms with E-state index in [0.717, 1.165) is 0 Å². The first kappa shape index (κ1) is 20.7. The van der Waals surface area contributed by atoms with Crippen molar-refractivity contribution >= 4 is 37.7 Å². The maximum Gasteiger partial charge on any atom is 0.0541 e. The lowest BCUT2D eigenvalue weighted by molar-refractivity contribution is 0.660. The molecule has 0 saturated carbocycles. The second-order valence-electron chi connectivity index (χ2n) is 9.97. The van der Waals surface area contributed by atoms with E-state index in [4.69, 9.17) is 0 Å². The van der Waals surface area contributed by atoms with Crippen LogP contribution in [0.1, 0.15) is 25.0 Å². The lowest BCUT2D eigenvalue weighted by atomic mass is 9.81. The minimum absolute atomic E-state index is 0.0299. The maximum absolute atomic E-state index is 3.80. The van der Waals surface area contributed by atoms with Crippen molar-refractivity contribution in [3.63, 3.8) is 0 Å². The van der Waals surface area contributed by atoms with Crippen LogP contribution in [0.4, 0.5) is 0 Å². The molecule has 1 aliphatic rings. The van der Waals surface area contributed by atoms with Gasteiger partial charge < -0.3 is 4.57 Å². The number of hydrogen-bond donors (Lipinski definition) is 0. The summed E-state index contributed by atoms with van der Waals surface area (Å²) < 4.78 is 3.54. The van der Waals surface area contributed by atoms with Crippen molar-refractivity contribution in [2.24, 2.45) is 0 Å². The van der Waals surface area contributed by atoms with Crippen LogP contribution in [0.2, 0.25) is 0 Å². The molecule has 0 radical (unpaired) electrons. The van der Waals surface area contributed by atoms with Gasteiger partial charge in [-0.3, -0.25) is 0 Å². The molecule has 0 aliphatic heterocycles. The fourth-order valence-corrected chi connectivity index (χ4v) is 6.51. The van der Waals surface area contributed by atoms with Gasteiger partial charge in [0.15, 0.2) is 0 Å². The molecule has 0 unspecified atom stereocenters. The van der Waals surface area contributed by atoms with Crippen LogP contribution in [0.5, 0.6) is 0 Å². The van der Waals surface area contributed by atoms with Gasteiger partial charge in [-0.25, -0.2) is 0 Å². The predicted octanol–water partition coefficient (Wildman–Crippen LogP) is 9.52. The Labute approximate surface area is 213 Å². The quantitative estimate of drug-likeness (QED) is 0.217. The number of hydrogen-bond acceptors (Lipinski definition) is 0. The average Bonchev–Trinajstić information content (AvgIpc) is 3.34. The van der Waals surface area contributed by atoms with E-state index in [1.807, 2.05) is 0 Å². The number of benzene rings is 5. The van der Waals surface area contributed by atoms with Crippen molar-refractivity contribution in [3.05, 3.63) is 125 Å². The molecule has 168 valence electrons. The summed E-state index contributed by atoms with van der Waals surface area (Å²) in [5.41, 5.74) is 11.6. The van der Waals surface area contributed by atoms with Crippen LogP contribution in [0.15, 0.2) is 114 Å². The molecule has 7 rings (SSSR count). The van der Waals surface area contributed by atoms with Crippen LogP contribution >= 0.6 is 15.9 Å². The zero-order chi connectivity index (χ0) is 23.7. The van der Waals surface area contributed by atoms with Gasteiger partial charge in [-0.2, -0.15) is 0 Å². The van der Waals surface area contributed by atoms with Gasteiger partial charge in [0.25, 0.3) is 0 Å². The molecular formula is C33H24BrN. The van der Waals surface area contributed by atoms with Gasteiger partial charge in [-0.15, -0.1) is 0 Å². The van der Waals surface area contributed by atoms with Crippen molar-refractivity contribution in [1.29, 1.82) is 0 Å². The summed E-state index contributed by atoms with van der Waals surface area (Å²) in [5.74, 6) is 0. The normalized spacial score (nSPS) is 13.8. The molecule has 0 amide bonds. The molecule has 1 aliphatic carbocycles. The Hall–Kier alpha value is -3.62. The van der Waals surface area contributed by atoms with E-state index >= 15 is 0 Å². The third-order valence-corrected chi connectivity index (χ3v) is 8.33. The molecule has 1 aromatic heterocycles. The molecule has 2 heteroatoms. The van der Waals surface area contributed by atoms with Gasteiger partial charge in [0.05, 0.1) is 11.0 Å². The fraction of sp³-hybridized carbons (Fsp3) is 0.0909. The Morgan fingerprint density at radius 1 is 0.600 bits per heavy atom. The van der Waals surface area contributed by atoms with E-state index in [0.29, 0.717) is 0 Å².